The number of piperidine rings is 1. The van der Waals surface area contributed by atoms with Gasteiger partial charge in [-0.25, -0.2) is 0 Å². The molecule has 3 atom stereocenters. The van der Waals surface area contributed by atoms with E-state index in [0.29, 0.717) is 5.92 Å². The summed E-state index contributed by atoms with van der Waals surface area (Å²) in [5.74, 6) is 1.56. The van der Waals surface area contributed by atoms with Crippen LogP contribution in [0.5, 0.6) is 0 Å². The van der Waals surface area contributed by atoms with Crippen LogP contribution in [0.3, 0.4) is 0 Å². The zero-order valence-electron chi connectivity index (χ0n) is 12.8. The molecule has 0 spiro atoms. The van der Waals surface area contributed by atoms with Crippen molar-refractivity contribution in [2.45, 2.75) is 44.2 Å². The monoisotopic (exact) mass is 273 g/mol. The molecule has 1 aromatic carbocycles. The van der Waals surface area contributed by atoms with Crippen LogP contribution in [-0.2, 0) is 11.2 Å². The van der Waals surface area contributed by atoms with Crippen molar-refractivity contribution in [1.29, 1.82) is 0 Å². The summed E-state index contributed by atoms with van der Waals surface area (Å²) in [4.78, 5) is 2.48. The Kier molecular flexibility index (Phi) is 4.13. The molecule has 2 heteroatoms. The number of likely N-dealkylation sites (tertiary alicyclic amines) is 1. The lowest BCUT2D eigenvalue weighted by atomic mass is 9.67. The normalized spacial score (nSPS) is 34.7. The number of methoxy groups -OCH3 is 1. The maximum atomic E-state index is 6.19. The number of hydrogen-bond donors (Lipinski definition) is 0. The molecular weight excluding hydrogens is 246 g/mol. The van der Waals surface area contributed by atoms with Crippen LogP contribution in [0, 0.1) is 11.8 Å². The van der Waals surface area contributed by atoms with Gasteiger partial charge >= 0.3 is 0 Å². The fourth-order valence-electron chi connectivity index (χ4n) is 4.51. The first-order valence-corrected chi connectivity index (χ1v) is 8.06. The Morgan fingerprint density at radius 2 is 1.90 bits per heavy atom. The summed E-state index contributed by atoms with van der Waals surface area (Å²) < 4.78 is 6.19. The topological polar surface area (TPSA) is 12.5 Å². The van der Waals surface area contributed by atoms with Gasteiger partial charge in [-0.15, -0.1) is 0 Å². The van der Waals surface area contributed by atoms with Crippen LogP contribution in [-0.4, -0.2) is 31.3 Å². The summed E-state index contributed by atoms with van der Waals surface area (Å²) >= 11 is 0. The molecule has 2 aliphatic rings. The van der Waals surface area contributed by atoms with Crippen LogP contribution in [0.25, 0.3) is 0 Å². The third-order valence-corrected chi connectivity index (χ3v) is 5.62. The van der Waals surface area contributed by atoms with Crippen molar-refractivity contribution in [3.63, 3.8) is 0 Å². The highest BCUT2D eigenvalue weighted by atomic mass is 16.5. The molecule has 1 saturated carbocycles. The number of benzene rings is 1. The minimum Gasteiger partial charge on any atom is -0.363 e. The van der Waals surface area contributed by atoms with Gasteiger partial charge in [0.2, 0.25) is 0 Å². The van der Waals surface area contributed by atoms with Crippen LogP contribution in [0.15, 0.2) is 30.3 Å². The smallest absolute Gasteiger partial charge is 0.128 e. The predicted octanol–water partition coefficient (Wildman–Crippen LogP) is 3.71. The number of rotatable bonds is 3. The van der Waals surface area contributed by atoms with E-state index in [2.05, 4.69) is 42.3 Å². The predicted molar refractivity (Wildman–Crippen MR) is 82.6 cm³/mol. The van der Waals surface area contributed by atoms with Crippen LogP contribution in [0.1, 0.15) is 37.7 Å². The average molecular weight is 273 g/mol. The van der Waals surface area contributed by atoms with Gasteiger partial charge in [-0.05, 0) is 37.8 Å². The fraction of sp³-hybridized carbons (Fsp3) is 0.667. The van der Waals surface area contributed by atoms with Crippen LogP contribution in [0.2, 0.25) is 0 Å². The standard InChI is InChI=1S/C18H27NO/c1-19-13-12-16-10-6-7-11-17(16)18(19,20-2)14-15-8-4-3-5-9-15/h3-5,8-9,16-17H,6-7,10-14H2,1-2H3. The highest BCUT2D eigenvalue weighted by Gasteiger charge is 2.49. The Balaban J connectivity index is 1.90. The second-order valence-electron chi connectivity index (χ2n) is 6.57. The van der Waals surface area contributed by atoms with E-state index in [1.165, 1.54) is 44.2 Å². The molecule has 1 aromatic rings. The largest absolute Gasteiger partial charge is 0.363 e. The number of ether oxygens (including phenoxy) is 1. The molecule has 2 fully saturated rings. The number of nitrogens with zero attached hydrogens (tertiary/aromatic N) is 1. The molecule has 2 nitrogen and oxygen atoms in total. The minimum absolute atomic E-state index is 0.0926. The van der Waals surface area contributed by atoms with Gasteiger partial charge < -0.3 is 4.74 Å². The van der Waals surface area contributed by atoms with Crippen molar-refractivity contribution < 1.29 is 4.74 Å². The summed E-state index contributed by atoms with van der Waals surface area (Å²) in [5, 5.41) is 0. The molecule has 1 aliphatic carbocycles. The Morgan fingerprint density at radius 1 is 1.15 bits per heavy atom. The van der Waals surface area contributed by atoms with Gasteiger partial charge in [0.15, 0.2) is 0 Å². The minimum atomic E-state index is -0.0926. The molecule has 3 unspecified atom stereocenters. The van der Waals surface area contributed by atoms with Gasteiger partial charge in [0.1, 0.15) is 5.72 Å². The second-order valence-corrected chi connectivity index (χ2v) is 6.57. The van der Waals surface area contributed by atoms with Crippen LogP contribution in [0.4, 0.5) is 0 Å². The van der Waals surface area contributed by atoms with Gasteiger partial charge in [0, 0.05) is 26.0 Å². The van der Waals surface area contributed by atoms with E-state index in [0.717, 1.165) is 12.3 Å². The first-order chi connectivity index (χ1) is 9.76. The quantitative estimate of drug-likeness (QED) is 0.832. The summed E-state index contributed by atoms with van der Waals surface area (Å²) in [6.07, 6.45) is 7.88. The third kappa shape index (κ3) is 2.40. The van der Waals surface area contributed by atoms with E-state index in [9.17, 15) is 0 Å². The van der Waals surface area contributed by atoms with Gasteiger partial charge in [-0.1, -0.05) is 43.2 Å². The molecule has 0 radical (unpaired) electrons. The van der Waals surface area contributed by atoms with Gasteiger partial charge in [-0.2, -0.15) is 0 Å². The van der Waals surface area contributed by atoms with Crippen LogP contribution < -0.4 is 0 Å². The molecule has 3 rings (SSSR count). The first-order valence-electron chi connectivity index (χ1n) is 8.06. The highest BCUT2D eigenvalue weighted by molar-refractivity contribution is 5.18. The van der Waals surface area contributed by atoms with E-state index in [-0.39, 0.29) is 5.72 Å². The van der Waals surface area contributed by atoms with Crippen molar-refractivity contribution in [2.75, 3.05) is 20.7 Å². The number of fused-ring (bicyclic) bond motifs is 1. The van der Waals surface area contributed by atoms with E-state index >= 15 is 0 Å². The first kappa shape index (κ1) is 14.1. The summed E-state index contributed by atoms with van der Waals surface area (Å²) in [5.41, 5.74) is 1.30. The van der Waals surface area contributed by atoms with Gasteiger partial charge in [-0.3, -0.25) is 4.90 Å². The zero-order chi connectivity index (χ0) is 14.0. The SMILES string of the molecule is COC1(Cc2ccccc2)C2CCCCC2CCN1C. The van der Waals surface area contributed by atoms with Gasteiger partial charge in [0.05, 0.1) is 0 Å². The Labute approximate surface area is 123 Å². The molecular formula is C18H27NO. The average Bonchev–Trinajstić information content (AvgIpc) is 2.51. The van der Waals surface area contributed by atoms with E-state index in [4.69, 9.17) is 4.74 Å². The molecule has 20 heavy (non-hydrogen) atoms. The van der Waals surface area contributed by atoms with Crippen molar-refractivity contribution in [1.82, 2.24) is 4.90 Å². The highest BCUT2D eigenvalue weighted by Crippen LogP contribution is 2.46. The zero-order valence-corrected chi connectivity index (χ0v) is 12.8. The number of likely N-dealkylation sites (N-methyl/N-ethyl adjacent to an activating group) is 1. The van der Waals surface area contributed by atoms with Crippen molar-refractivity contribution >= 4 is 0 Å². The molecule has 1 heterocycles. The summed E-state index contributed by atoms with van der Waals surface area (Å²) in [6.45, 7) is 1.17. The lowest BCUT2D eigenvalue weighted by Crippen LogP contribution is -2.61. The van der Waals surface area contributed by atoms with Gasteiger partial charge in [0.25, 0.3) is 0 Å². The van der Waals surface area contributed by atoms with Crippen molar-refractivity contribution in [3.05, 3.63) is 35.9 Å². The number of hydrogen-bond acceptors (Lipinski definition) is 2. The fourth-order valence-corrected chi connectivity index (χ4v) is 4.51. The van der Waals surface area contributed by atoms with Crippen LogP contribution >= 0.6 is 0 Å². The summed E-state index contributed by atoms with van der Waals surface area (Å²) in [6, 6.07) is 10.8. The summed E-state index contributed by atoms with van der Waals surface area (Å²) in [7, 11) is 4.16. The van der Waals surface area contributed by atoms with E-state index in [1.807, 2.05) is 7.11 Å². The molecule has 1 aliphatic heterocycles. The molecule has 0 amide bonds. The van der Waals surface area contributed by atoms with E-state index in [1.54, 1.807) is 0 Å². The molecule has 1 saturated heterocycles. The Hall–Kier alpha value is -0.860. The molecule has 0 aromatic heterocycles. The van der Waals surface area contributed by atoms with E-state index < -0.39 is 0 Å². The lowest BCUT2D eigenvalue weighted by Gasteiger charge is -2.54. The molecule has 110 valence electrons. The maximum absolute atomic E-state index is 6.19. The maximum Gasteiger partial charge on any atom is 0.128 e. The Morgan fingerprint density at radius 3 is 2.65 bits per heavy atom. The Bertz CT molecular complexity index is 432. The molecule has 0 N–H and O–H groups in total. The lowest BCUT2D eigenvalue weighted by molar-refractivity contribution is -0.205. The second kappa shape index (κ2) is 5.87. The third-order valence-electron chi connectivity index (χ3n) is 5.62. The van der Waals surface area contributed by atoms with Crippen molar-refractivity contribution in [3.8, 4) is 0 Å². The van der Waals surface area contributed by atoms with Crippen molar-refractivity contribution in [2.24, 2.45) is 11.8 Å². The molecule has 0 bridgehead atoms.